The number of methoxy groups -OCH3 is 2. The van der Waals surface area contributed by atoms with Crippen molar-refractivity contribution in [1.29, 1.82) is 0 Å². The molecule has 0 bridgehead atoms. The Morgan fingerprint density at radius 1 is 1.20 bits per heavy atom. The summed E-state index contributed by atoms with van der Waals surface area (Å²) in [5, 5.41) is 11.4. The number of rotatable bonds is 3. The largest absolute Gasteiger partial charge is 0.495 e. The maximum atomic E-state index is 12.7. The van der Waals surface area contributed by atoms with Crippen LogP contribution in [-0.4, -0.2) is 42.5 Å². The van der Waals surface area contributed by atoms with Crippen LogP contribution in [-0.2, 0) is 10.5 Å². The molecule has 0 aromatic heterocycles. The Kier molecular flexibility index (Phi) is 5.89. The second-order valence-corrected chi connectivity index (χ2v) is 7.89. The van der Waals surface area contributed by atoms with Crippen LogP contribution in [0.2, 0.25) is 0 Å². The first-order chi connectivity index (χ1) is 11.6. The van der Waals surface area contributed by atoms with Gasteiger partial charge in [-0.05, 0) is 68.1 Å². The number of hydrogen-bond acceptors (Lipinski definition) is 5. The summed E-state index contributed by atoms with van der Waals surface area (Å²) in [6.07, 6.45) is 1.50. The Labute approximate surface area is 157 Å². The molecule has 0 spiro atoms. The van der Waals surface area contributed by atoms with E-state index in [4.69, 9.17) is 14.2 Å². The van der Waals surface area contributed by atoms with Gasteiger partial charge in [0.2, 0.25) is 0 Å². The highest BCUT2D eigenvalue weighted by molar-refractivity contribution is 9.10. The molecule has 1 aliphatic heterocycles. The van der Waals surface area contributed by atoms with E-state index in [2.05, 4.69) is 15.9 Å². The van der Waals surface area contributed by atoms with E-state index in [-0.39, 0.29) is 0 Å². The minimum Gasteiger partial charge on any atom is -0.495 e. The summed E-state index contributed by atoms with van der Waals surface area (Å²) in [5.41, 5.74) is -1.57. The number of halogens is 1. The number of nitrogens with zero attached hydrogens (tertiary/aromatic N) is 1. The van der Waals surface area contributed by atoms with Gasteiger partial charge in [-0.25, -0.2) is 4.79 Å². The first-order valence-electron chi connectivity index (χ1n) is 8.27. The summed E-state index contributed by atoms with van der Waals surface area (Å²) in [5.74, 6) is 1.05. The van der Waals surface area contributed by atoms with Crippen LogP contribution in [0.3, 0.4) is 0 Å². The van der Waals surface area contributed by atoms with Gasteiger partial charge >= 0.3 is 6.09 Å². The standard InChI is InChI=1S/C18H26BrNO5/c1-17(2,3)25-16(21)20-9-7-6-8-18(20,22)12-10-13(23-4)15(19)14(11-12)24-5/h10-11,22H,6-9H2,1-5H3. The molecule has 0 saturated carbocycles. The van der Waals surface area contributed by atoms with Crippen molar-refractivity contribution in [1.82, 2.24) is 4.90 Å². The molecule has 1 heterocycles. The third kappa shape index (κ3) is 4.20. The SMILES string of the molecule is COc1cc(C2(O)CCCCN2C(=O)OC(C)(C)C)cc(OC)c1Br. The second kappa shape index (κ2) is 7.41. The lowest BCUT2D eigenvalue weighted by Crippen LogP contribution is -2.53. The van der Waals surface area contributed by atoms with Gasteiger partial charge in [0.15, 0.2) is 5.72 Å². The predicted octanol–water partition coefficient (Wildman–Crippen LogP) is 4.03. The quantitative estimate of drug-likeness (QED) is 0.806. The summed E-state index contributed by atoms with van der Waals surface area (Å²) in [4.78, 5) is 14.0. The first kappa shape index (κ1) is 19.8. The number of likely N-dealkylation sites (tertiary alicyclic amines) is 1. The van der Waals surface area contributed by atoms with Crippen molar-refractivity contribution in [3.63, 3.8) is 0 Å². The average molecular weight is 416 g/mol. The molecule has 1 fully saturated rings. The Morgan fingerprint density at radius 3 is 2.24 bits per heavy atom. The molecule has 1 aromatic rings. The van der Waals surface area contributed by atoms with Crippen LogP contribution in [0.25, 0.3) is 0 Å². The number of ether oxygens (including phenoxy) is 3. The van der Waals surface area contributed by atoms with E-state index in [9.17, 15) is 9.90 Å². The van der Waals surface area contributed by atoms with Gasteiger partial charge in [0.25, 0.3) is 0 Å². The van der Waals surface area contributed by atoms with Crippen molar-refractivity contribution in [3.05, 3.63) is 22.2 Å². The van der Waals surface area contributed by atoms with Crippen molar-refractivity contribution in [2.75, 3.05) is 20.8 Å². The van der Waals surface area contributed by atoms with E-state index in [1.54, 1.807) is 47.1 Å². The maximum absolute atomic E-state index is 12.7. The Hall–Kier alpha value is -1.47. The highest BCUT2D eigenvalue weighted by atomic mass is 79.9. The number of hydrogen-bond donors (Lipinski definition) is 1. The molecule has 7 heteroatoms. The van der Waals surface area contributed by atoms with Gasteiger partial charge in [-0.3, -0.25) is 4.90 Å². The minimum absolute atomic E-state index is 0.417. The Morgan fingerprint density at radius 2 is 1.76 bits per heavy atom. The van der Waals surface area contributed by atoms with Crippen LogP contribution in [0.1, 0.15) is 45.6 Å². The van der Waals surface area contributed by atoms with E-state index < -0.39 is 17.4 Å². The zero-order valence-electron chi connectivity index (χ0n) is 15.4. The molecule has 25 heavy (non-hydrogen) atoms. The monoisotopic (exact) mass is 415 g/mol. The lowest BCUT2D eigenvalue weighted by Gasteiger charge is -2.43. The van der Waals surface area contributed by atoms with Crippen LogP contribution in [0.5, 0.6) is 11.5 Å². The molecule has 0 aliphatic carbocycles. The number of carbonyl (C=O) groups excluding carboxylic acids is 1. The zero-order chi connectivity index (χ0) is 18.8. The highest BCUT2D eigenvalue weighted by Crippen LogP contribution is 2.43. The van der Waals surface area contributed by atoms with Gasteiger partial charge in [0.05, 0.1) is 14.2 Å². The first-order valence-corrected chi connectivity index (χ1v) is 9.06. The van der Waals surface area contributed by atoms with Crippen LogP contribution >= 0.6 is 15.9 Å². The summed E-state index contributed by atoms with van der Waals surface area (Å²) in [6, 6.07) is 3.44. The van der Waals surface area contributed by atoms with E-state index in [0.29, 0.717) is 34.5 Å². The molecule has 1 atom stereocenters. The second-order valence-electron chi connectivity index (χ2n) is 7.10. The molecule has 1 saturated heterocycles. The van der Waals surface area contributed by atoms with Crippen molar-refractivity contribution < 1.29 is 24.1 Å². The molecule has 1 unspecified atom stereocenters. The molecule has 1 aromatic carbocycles. The number of amides is 1. The molecule has 1 N–H and O–H groups in total. The van der Waals surface area contributed by atoms with Crippen molar-refractivity contribution in [2.45, 2.75) is 51.4 Å². The van der Waals surface area contributed by atoms with Crippen LogP contribution in [0, 0.1) is 0 Å². The van der Waals surface area contributed by atoms with Crippen molar-refractivity contribution >= 4 is 22.0 Å². The Balaban J connectivity index is 2.47. The number of benzene rings is 1. The maximum Gasteiger partial charge on any atom is 0.412 e. The van der Waals surface area contributed by atoms with Gasteiger partial charge in [0, 0.05) is 12.1 Å². The molecule has 1 aliphatic rings. The number of carbonyl (C=O) groups is 1. The van der Waals surface area contributed by atoms with Gasteiger partial charge in [-0.2, -0.15) is 0 Å². The third-order valence-electron chi connectivity index (χ3n) is 4.13. The molecule has 0 radical (unpaired) electrons. The summed E-state index contributed by atoms with van der Waals surface area (Å²) < 4.78 is 16.9. The van der Waals surface area contributed by atoms with Gasteiger partial charge in [0.1, 0.15) is 21.6 Å². The average Bonchev–Trinajstić information content (AvgIpc) is 2.53. The third-order valence-corrected chi connectivity index (χ3v) is 4.91. The summed E-state index contributed by atoms with van der Waals surface area (Å²) >= 11 is 3.42. The summed E-state index contributed by atoms with van der Waals surface area (Å²) in [6.45, 7) is 5.84. The molecule has 140 valence electrons. The number of aliphatic hydroxyl groups is 1. The Bertz CT molecular complexity index is 618. The zero-order valence-corrected chi connectivity index (χ0v) is 17.0. The topological polar surface area (TPSA) is 68.2 Å². The van der Waals surface area contributed by atoms with E-state index in [1.165, 1.54) is 4.90 Å². The predicted molar refractivity (Wildman–Crippen MR) is 97.9 cm³/mol. The smallest absolute Gasteiger partial charge is 0.412 e. The molecular weight excluding hydrogens is 390 g/mol. The fourth-order valence-electron chi connectivity index (χ4n) is 2.92. The van der Waals surface area contributed by atoms with E-state index >= 15 is 0 Å². The summed E-state index contributed by atoms with van der Waals surface area (Å²) in [7, 11) is 3.08. The fraction of sp³-hybridized carbons (Fsp3) is 0.611. The molecule has 2 rings (SSSR count). The van der Waals surface area contributed by atoms with Crippen molar-refractivity contribution in [2.24, 2.45) is 0 Å². The molecule has 6 nitrogen and oxygen atoms in total. The van der Waals surface area contributed by atoms with E-state index in [0.717, 1.165) is 12.8 Å². The van der Waals surface area contributed by atoms with E-state index in [1.807, 2.05) is 0 Å². The van der Waals surface area contributed by atoms with Gasteiger partial charge in [-0.15, -0.1) is 0 Å². The van der Waals surface area contributed by atoms with Crippen molar-refractivity contribution in [3.8, 4) is 11.5 Å². The van der Waals surface area contributed by atoms with Crippen LogP contribution in [0.15, 0.2) is 16.6 Å². The molecule has 1 amide bonds. The van der Waals surface area contributed by atoms with Crippen LogP contribution in [0.4, 0.5) is 4.79 Å². The number of piperidine rings is 1. The van der Waals surface area contributed by atoms with Gasteiger partial charge in [-0.1, -0.05) is 0 Å². The van der Waals surface area contributed by atoms with Gasteiger partial charge < -0.3 is 19.3 Å². The molecular formula is C18H26BrNO5. The lowest BCUT2D eigenvalue weighted by atomic mass is 9.91. The highest BCUT2D eigenvalue weighted by Gasteiger charge is 2.44. The lowest BCUT2D eigenvalue weighted by molar-refractivity contribution is -0.133. The fourth-order valence-corrected chi connectivity index (χ4v) is 3.47. The normalized spacial score (nSPS) is 21.0. The van der Waals surface area contributed by atoms with Crippen LogP contribution < -0.4 is 9.47 Å². The minimum atomic E-state index is -1.47.